The molecule has 0 bridgehead atoms. The molecule has 1 heterocycles. The van der Waals surface area contributed by atoms with E-state index in [1.54, 1.807) is 48.5 Å². The molecule has 0 aliphatic carbocycles. The van der Waals surface area contributed by atoms with Crippen LogP contribution in [0.5, 0.6) is 0 Å². The molecule has 0 saturated heterocycles. The highest BCUT2D eigenvalue weighted by molar-refractivity contribution is 6.35. The Balaban J connectivity index is 2.04. The number of hydrazine groups is 1. The molecule has 3 aromatic carbocycles. The third-order valence-corrected chi connectivity index (χ3v) is 5.77. The largest absolute Gasteiger partial charge is 0.416 e. The maximum absolute atomic E-state index is 13.2. The first-order valence-electron chi connectivity index (χ1n) is 9.57. The van der Waals surface area contributed by atoms with Gasteiger partial charge in [-0.2, -0.15) is 22.6 Å². The summed E-state index contributed by atoms with van der Waals surface area (Å²) in [5.74, 6) is 4.97. The fourth-order valence-corrected chi connectivity index (χ4v) is 3.99. The normalized spacial score (nSPS) is 18.0. The van der Waals surface area contributed by atoms with Gasteiger partial charge >= 0.3 is 6.18 Å². The Hall–Kier alpha value is -3.17. The zero-order valence-corrected chi connectivity index (χ0v) is 18.3. The predicted octanol–water partition coefficient (Wildman–Crippen LogP) is 5.94. The van der Waals surface area contributed by atoms with Crippen LogP contribution in [-0.4, -0.2) is 11.7 Å². The molecule has 0 aromatic heterocycles. The fourth-order valence-electron chi connectivity index (χ4n) is 3.65. The van der Waals surface area contributed by atoms with Crippen LogP contribution in [0.2, 0.25) is 10.0 Å². The van der Waals surface area contributed by atoms with Gasteiger partial charge in [0.25, 0.3) is 11.7 Å². The average molecular weight is 492 g/mol. The van der Waals surface area contributed by atoms with E-state index in [2.05, 4.69) is 4.99 Å². The standard InChI is InChI=1S/C23H15Cl2F3N4O/c24-15-7-11-17(12-8-15)32(16-9-5-14(6-10-16)23(26,27)28)13-20(22(33)31-29)30-21(32)18-3-1-2-4-19(18)25/h1-13H,29H2/p+1. The number of amidine groups is 1. The summed E-state index contributed by atoms with van der Waals surface area (Å²) in [6, 6.07) is 18.2. The van der Waals surface area contributed by atoms with Crippen molar-refractivity contribution in [2.24, 2.45) is 10.8 Å². The minimum atomic E-state index is -4.51. The zero-order valence-electron chi connectivity index (χ0n) is 16.8. The van der Waals surface area contributed by atoms with Crippen LogP contribution in [0.3, 0.4) is 0 Å². The van der Waals surface area contributed by atoms with Crippen molar-refractivity contribution >= 4 is 46.3 Å². The van der Waals surface area contributed by atoms with Crippen molar-refractivity contribution in [2.75, 3.05) is 0 Å². The number of quaternary nitrogens is 1. The topological polar surface area (TPSA) is 67.5 Å². The monoisotopic (exact) mass is 491 g/mol. The molecule has 168 valence electrons. The van der Waals surface area contributed by atoms with Crippen LogP contribution in [0, 0.1) is 0 Å². The van der Waals surface area contributed by atoms with Gasteiger partial charge in [0.1, 0.15) is 17.6 Å². The lowest BCUT2D eigenvalue weighted by Crippen LogP contribution is -2.43. The molecule has 0 spiro atoms. The quantitative estimate of drug-likeness (QED) is 0.205. The average Bonchev–Trinajstić information content (AvgIpc) is 3.20. The van der Waals surface area contributed by atoms with Crippen LogP contribution in [0.15, 0.2) is 89.7 Å². The highest BCUT2D eigenvalue weighted by Gasteiger charge is 2.46. The van der Waals surface area contributed by atoms with Crippen LogP contribution in [0.25, 0.3) is 0 Å². The molecule has 3 N–H and O–H groups in total. The summed E-state index contributed by atoms with van der Waals surface area (Å²) in [5.41, 5.74) is 2.66. The van der Waals surface area contributed by atoms with Crippen molar-refractivity contribution < 1.29 is 18.0 Å². The fraction of sp³-hybridized carbons (Fsp3) is 0.0435. The van der Waals surface area contributed by atoms with Crippen LogP contribution in [0.4, 0.5) is 24.5 Å². The maximum Gasteiger partial charge on any atom is 0.416 e. The molecule has 10 heteroatoms. The van der Waals surface area contributed by atoms with E-state index >= 15 is 0 Å². The Labute approximate surface area is 197 Å². The number of nitrogens with zero attached hydrogens (tertiary/aromatic N) is 2. The van der Waals surface area contributed by atoms with Gasteiger partial charge in [-0.15, -0.1) is 0 Å². The van der Waals surface area contributed by atoms with E-state index < -0.39 is 17.6 Å². The second kappa shape index (κ2) is 8.64. The van der Waals surface area contributed by atoms with Crippen LogP contribution in [0.1, 0.15) is 11.1 Å². The number of alkyl halides is 3. The number of benzene rings is 3. The Kier molecular flexibility index (Phi) is 6.02. The number of nitrogens with two attached hydrogens (primary N) is 1. The van der Waals surface area contributed by atoms with Gasteiger partial charge in [-0.05, 0) is 36.4 Å². The number of carbonyl (C=O) groups excluding carboxylic acids is 1. The van der Waals surface area contributed by atoms with Gasteiger partial charge in [0.2, 0.25) is 0 Å². The molecule has 0 fully saturated rings. The zero-order chi connectivity index (χ0) is 23.8. The molecule has 33 heavy (non-hydrogen) atoms. The van der Waals surface area contributed by atoms with Crippen molar-refractivity contribution in [1.29, 1.82) is 0 Å². The van der Waals surface area contributed by atoms with Crippen molar-refractivity contribution in [3.63, 3.8) is 0 Å². The molecule has 1 aliphatic heterocycles. The predicted molar refractivity (Wildman–Crippen MR) is 123 cm³/mol. The maximum atomic E-state index is 13.2. The number of hydrogen-bond donors (Lipinski definition) is 2. The van der Waals surface area contributed by atoms with Crippen molar-refractivity contribution in [3.05, 3.63) is 106 Å². The smallest absolute Gasteiger partial charge is 0.289 e. The highest BCUT2D eigenvalue weighted by atomic mass is 35.5. The van der Waals surface area contributed by atoms with Crippen molar-refractivity contribution in [3.8, 4) is 0 Å². The molecule has 1 amide bonds. The van der Waals surface area contributed by atoms with Crippen molar-refractivity contribution in [1.82, 2.24) is 9.91 Å². The second-order valence-electron chi connectivity index (χ2n) is 7.15. The highest BCUT2D eigenvalue weighted by Crippen LogP contribution is 2.44. The molecule has 1 unspecified atom stereocenters. The SMILES string of the molecule is NNC(=O)C1=C[N+](c2ccc(Cl)cc2)(c2ccc(C(F)(F)F)cc2)C(c2ccccc2Cl)=N1. The lowest BCUT2D eigenvalue weighted by molar-refractivity contribution is -0.137. The molecule has 0 saturated carbocycles. The third kappa shape index (κ3) is 4.14. The molecular weight excluding hydrogens is 476 g/mol. The van der Waals surface area contributed by atoms with Gasteiger partial charge < -0.3 is 0 Å². The lowest BCUT2D eigenvalue weighted by Gasteiger charge is -2.32. The molecule has 3 aromatic rings. The summed E-state index contributed by atoms with van der Waals surface area (Å²) in [5, 5.41) is 0.811. The molecular formula is C23H16Cl2F3N4O+. The van der Waals surface area contributed by atoms with Gasteiger partial charge in [0, 0.05) is 29.3 Å². The third-order valence-electron chi connectivity index (χ3n) is 5.19. The first-order chi connectivity index (χ1) is 15.7. The lowest BCUT2D eigenvalue weighted by atomic mass is 10.1. The number of nitrogens with one attached hydrogen (secondary N) is 1. The van der Waals surface area contributed by atoms with E-state index in [-0.39, 0.29) is 10.2 Å². The summed E-state index contributed by atoms with van der Waals surface area (Å²) in [6.07, 6.45) is -3.00. The van der Waals surface area contributed by atoms with Gasteiger partial charge in [0.05, 0.1) is 16.1 Å². The Bertz CT molecular complexity index is 1270. The van der Waals surface area contributed by atoms with Gasteiger partial charge in [-0.1, -0.05) is 35.3 Å². The molecule has 1 aliphatic rings. The second-order valence-corrected chi connectivity index (χ2v) is 7.99. The van der Waals surface area contributed by atoms with E-state index in [0.717, 1.165) is 12.1 Å². The Morgan fingerprint density at radius 2 is 1.48 bits per heavy atom. The number of halogens is 5. The number of amides is 1. The molecule has 5 nitrogen and oxygen atoms in total. The Morgan fingerprint density at radius 1 is 0.909 bits per heavy atom. The van der Waals surface area contributed by atoms with Crippen LogP contribution >= 0.6 is 23.2 Å². The molecule has 1 atom stereocenters. The van der Waals surface area contributed by atoms with E-state index in [1.165, 1.54) is 18.3 Å². The summed E-state index contributed by atoms with van der Waals surface area (Å²) in [4.78, 5) is 16.9. The van der Waals surface area contributed by atoms with E-state index in [0.29, 0.717) is 32.8 Å². The summed E-state index contributed by atoms with van der Waals surface area (Å²) >= 11 is 12.6. The van der Waals surface area contributed by atoms with Gasteiger partial charge in [-0.3, -0.25) is 10.2 Å². The minimum Gasteiger partial charge on any atom is -0.289 e. The minimum absolute atomic E-state index is 0.0257. The summed E-state index contributed by atoms with van der Waals surface area (Å²) in [6.45, 7) is 0. The van der Waals surface area contributed by atoms with E-state index in [9.17, 15) is 18.0 Å². The summed E-state index contributed by atoms with van der Waals surface area (Å²) in [7, 11) is 0. The summed E-state index contributed by atoms with van der Waals surface area (Å²) < 4.78 is 39.4. The van der Waals surface area contributed by atoms with Gasteiger partial charge in [-0.25, -0.2) is 5.84 Å². The van der Waals surface area contributed by atoms with E-state index in [4.69, 9.17) is 29.0 Å². The van der Waals surface area contributed by atoms with Crippen molar-refractivity contribution in [2.45, 2.75) is 6.18 Å². The van der Waals surface area contributed by atoms with Gasteiger partial charge in [0.15, 0.2) is 5.70 Å². The van der Waals surface area contributed by atoms with E-state index in [1.807, 2.05) is 5.43 Å². The number of hydrogen-bond acceptors (Lipinski definition) is 3. The van der Waals surface area contributed by atoms with Crippen LogP contribution in [-0.2, 0) is 11.0 Å². The number of rotatable bonds is 4. The number of aliphatic imine (C=N–C) groups is 1. The number of carbonyl (C=O) groups is 1. The molecule has 4 rings (SSSR count). The van der Waals surface area contributed by atoms with Crippen LogP contribution < -0.4 is 15.8 Å². The molecule has 0 radical (unpaired) electrons. The first kappa shape index (κ1) is 23.0. The first-order valence-corrected chi connectivity index (χ1v) is 10.3. The Morgan fingerprint density at radius 3 is 2.03 bits per heavy atom.